The molecule has 3 unspecified atom stereocenters. The molecule has 3 aliphatic rings. The van der Waals surface area contributed by atoms with Crippen LogP contribution in [0.25, 0.3) is 44.1 Å². The highest BCUT2D eigenvalue weighted by Crippen LogP contribution is 2.66. The van der Waals surface area contributed by atoms with Gasteiger partial charge in [-0.25, -0.2) is 0 Å². The highest BCUT2D eigenvalue weighted by atomic mass is 15.1. The molecule has 0 aliphatic heterocycles. The molecule has 5 aromatic carbocycles. The van der Waals surface area contributed by atoms with Gasteiger partial charge in [-0.3, -0.25) is 9.97 Å². The van der Waals surface area contributed by atoms with Gasteiger partial charge in [-0.1, -0.05) is 97.4 Å². The molecule has 3 atom stereocenters. The topological polar surface area (TPSA) is 29.0 Å². The van der Waals surface area contributed by atoms with Crippen LogP contribution in [0.3, 0.4) is 0 Å². The number of rotatable bonds is 4. The summed E-state index contributed by atoms with van der Waals surface area (Å²) < 4.78 is 0. The van der Waals surface area contributed by atoms with E-state index < -0.39 is 0 Å². The van der Waals surface area contributed by atoms with Crippen molar-refractivity contribution in [3.8, 4) is 22.3 Å². The fourth-order valence-corrected chi connectivity index (χ4v) is 9.25. The molecule has 10 rings (SSSR count). The Labute approximate surface area is 269 Å². The Morgan fingerprint density at radius 2 is 1.33 bits per heavy atom. The van der Waals surface area contributed by atoms with E-state index in [1.807, 2.05) is 18.5 Å². The van der Waals surface area contributed by atoms with Gasteiger partial charge in [0, 0.05) is 33.8 Å². The monoisotopic (exact) mass is 591 g/mol. The lowest BCUT2D eigenvalue weighted by Gasteiger charge is -2.36. The van der Waals surface area contributed by atoms with Crippen LogP contribution >= 0.6 is 0 Å². The van der Waals surface area contributed by atoms with E-state index in [4.69, 9.17) is 4.98 Å². The van der Waals surface area contributed by atoms with E-state index in [-0.39, 0.29) is 5.41 Å². The van der Waals surface area contributed by atoms with E-state index in [0.717, 1.165) is 50.7 Å². The minimum Gasteiger partial charge on any atom is -0.309 e. The van der Waals surface area contributed by atoms with Crippen molar-refractivity contribution in [2.75, 3.05) is 4.90 Å². The summed E-state index contributed by atoms with van der Waals surface area (Å²) in [6, 6.07) is 46.7. The summed E-state index contributed by atoms with van der Waals surface area (Å²) in [6.45, 7) is 0. The molecule has 2 aromatic heterocycles. The molecule has 2 fully saturated rings. The Morgan fingerprint density at radius 3 is 2.17 bits per heavy atom. The van der Waals surface area contributed by atoms with Gasteiger partial charge in [-0.2, -0.15) is 0 Å². The van der Waals surface area contributed by atoms with Crippen molar-refractivity contribution < 1.29 is 0 Å². The Hall–Kier alpha value is -5.28. The lowest BCUT2D eigenvalue weighted by Crippen LogP contribution is -2.31. The number of aromatic nitrogens is 2. The highest BCUT2D eigenvalue weighted by Gasteiger charge is 2.56. The van der Waals surface area contributed by atoms with Gasteiger partial charge >= 0.3 is 0 Å². The average Bonchev–Trinajstić information content (AvgIpc) is 3.82. The Bertz CT molecular complexity index is 2290. The number of hydrogen-bond donors (Lipinski definition) is 0. The van der Waals surface area contributed by atoms with Crippen LogP contribution in [0.1, 0.15) is 36.8 Å². The normalized spacial score (nSPS) is 20.8. The summed E-state index contributed by atoms with van der Waals surface area (Å²) in [5.74, 6) is 1.61. The first-order chi connectivity index (χ1) is 22.8. The van der Waals surface area contributed by atoms with Crippen molar-refractivity contribution >= 4 is 38.9 Å². The molecule has 0 amide bonds. The van der Waals surface area contributed by atoms with E-state index >= 15 is 0 Å². The largest absolute Gasteiger partial charge is 0.309 e. The van der Waals surface area contributed by atoms with Gasteiger partial charge in [0.1, 0.15) is 0 Å². The second-order valence-corrected chi connectivity index (χ2v) is 13.5. The number of nitrogens with zero attached hydrogens (tertiary/aromatic N) is 3. The predicted molar refractivity (Wildman–Crippen MR) is 189 cm³/mol. The van der Waals surface area contributed by atoms with Gasteiger partial charge in [0.05, 0.1) is 22.9 Å². The second-order valence-electron chi connectivity index (χ2n) is 13.5. The Kier molecular flexibility index (Phi) is 5.57. The van der Waals surface area contributed by atoms with Crippen molar-refractivity contribution in [2.45, 2.75) is 31.1 Å². The summed E-state index contributed by atoms with van der Waals surface area (Å²) in [6.07, 6.45) is 9.29. The van der Waals surface area contributed by atoms with Crippen molar-refractivity contribution in [2.24, 2.45) is 11.8 Å². The van der Waals surface area contributed by atoms with Crippen LogP contribution < -0.4 is 4.90 Å². The standard InChI is InChI=1S/C43H33N3/c1-2-7-29(8-3-1)30-15-18-34(19-16-30)46(36-24-32-14-13-31-9-6-22-44-41(31)42(32)45-27-36)35-20-21-40-38(25-35)37-10-4-5-11-39(37)43(40)26-28-12-17-33(43)23-28/h1-11,13-16,18-22,24-25,27-28,33H,12,17,23,26H2. The average molecular weight is 592 g/mol. The third kappa shape index (κ3) is 3.72. The van der Waals surface area contributed by atoms with Gasteiger partial charge < -0.3 is 4.90 Å². The predicted octanol–water partition coefficient (Wildman–Crippen LogP) is 11.0. The first-order valence-corrected chi connectivity index (χ1v) is 16.6. The molecule has 1 spiro atoms. The molecule has 0 saturated heterocycles. The molecule has 2 bridgehead atoms. The molecule has 220 valence electrons. The van der Waals surface area contributed by atoms with Crippen LogP contribution in [0.4, 0.5) is 17.1 Å². The van der Waals surface area contributed by atoms with Crippen LogP contribution in [0.15, 0.2) is 140 Å². The van der Waals surface area contributed by atoms with Crippen LogP contribution in [-0.2, 0) is 5.41 Å². The van der Waals surface area contributed by atoms with Gasteiger partial charge in [0.2, 0.25) is 0 Å². The third-order valence-corrected chi connectivity index (χ3v) is 11.2. The number of anilines is 3. The van der Waals surface area contributed by atoms with E-state index in [9.17, 15) is 0 Å². The quantitative estimate of drug-likeness (QED) is 0.191. The number of hydrogen-bond acceptors (Lipinski definition) is 3. The van der Waals surface area contributed by atoms with Crippen LogP contribution in [0.5, 0.6) is 0 Å². The van der Waals surface area contributed by atoms with Gasteiger partial charge in [0.15, 0.2) is 0 Å². The summed E-state index contributed by atoms with van der Waals surface area (Å²) in [4.78, 5) is 12.1. The molecule has 3 heteroatoms. The highest BCUT2D eigenvalue weighted by molar-refractivity contribution is 6.04. The van der Waals surface area contributed by atoms with E-state index in [2.05, 4.69) is 131 Å². The van der Waals surface area contributed by atoms with Crippen molar-refractivity contribution in [3.63, 3.8) is 0 Å². The molecular weight excluding hydrogens is 558 g/mol. The van der Waals surface area contributed by atoms with Crippen molar-refractivity contribution in [3.05, 3.63) is 151 Å². The minimum absolute atomic E-state index is 0.175. The van der Waals surface area contributed by atoms with Gasteiger partial charge in [-0.15, -0.1) is 0 Å². The first-order valence-electron chi connectivity index (χ1n) is 16.6. The maximum Gasteiger partial charge on any atom is 0.0966 e. The first kappa shape index (κ1) is 26.0. The summed E-state index contributed by atoms with van der Waals surface area (Å²) >= 11 is 0. The number of fused-ring (bicyclic) bond motifs is 11. The van der Waals surface area contributed by atoms with Crippen molar-refractivity contribution in [1.82, 2.24) is 9.97 Å². The van der Waals surface area contributed by atoms with Crippen molar-refractivity contribution in [1.29, 1.82) is 0 Å². The smallest absolute Gasteiger partial charge is 0.0966 e. The Morgan fingerprint density at radius 1 is 0.565 bits per heavy atom. The zero-order chi connectivity index (χ0) is 30.2. The summed E-state index contributed by atoms with van der Waals surface area (Å²) in [7, 11) is 0. The maximum absolute atomic E-state index is 5.03. The molecular formula is C43H33N3. The second kappa shape index (κ2) is 9.86. The fourth-order valence-electron chi connectivity index (χ4n) is 9.25. The molecule has 3 aliphatic carbocycles. The van der Waals surface area contributed by atoms with E-state index in [0.29, 0.717) is 0 Å². The minimum atomic E-state index is 0.175. The van der Waals surface area contributed by atoms with Crippen LogP contribution in [0.2, 0.25) is 0 Å². The maximum atomic E-state index is 5.03. The summed E-state index contributed by atoms with van der Waals surface area (Å²) in [5, 5.41) is 2.19. The van der Waals surface area contributed by atoms with Crippen LogP contribution in [0, 0.1) is 11.8 Å². The van der Waals surface area contributed by atoms with E-state index in [1.165, 1.54) is 47.9 Å². The fraction of sp³-hybridized carbons (Fsp3) is 0.163. The SMILES string of the molecule is c1ccc(-c2ccc(N(c3ccc4c(c3)-c3ccccc3C43CC4CCC3C4)c3cnc4c(ccc5cccnc54)c3)cc2)cc1. The molecule has 2 heterocycles. The lowest BCUT2D eigenvalue weighted by atomic mass is 9.67. The number of benzene rings is 5. The zero-order valence-corrected chi connectivity index (χ0v) is 25.6. The third-order valence-electron chi connectivity index (χ3n) is 11.2. The zero-order valence-electron chi connectivity index (χ0n) is 25.6. The van der Waals surface area contributed by atoms with Gasteiger partial charge in [0.25, 0.3) is 0 Å². The molecule has 2 saturated carbocycles. The number of pyridine rings is 2. The summed E-state index contributed by atoms with van der Waals surface area (Å²) in [5.41, 5.74) is 13.7. The Balaban J connectivity index is 1.15. The molecule has 46 heavy (non-hydrogen) atoms. The molecule has 3 nitrogen and oxygen atoms in total. The van der Waals surface area contributed by atoms with Crippen LogP contribution in [-0.4, -0.2) is 9.97 Å². The van der Waals surface area contributed by atoms with Gasteiger partial charge in [-0.05, 0) is 101 Å². The molecule has 0 radical (unpaired) electrons. The molecule has 7 aromatic rings. The van der Waals surface area contributed by atoms with E-state index in [1.54, 1.807) is 11.1 Å². The molecule has 0 N–H and O–H groups in total. The lowest BCUT2D eigenvalue weighted by molar-refractivity contribution is 0.327.